The maximum atomic E-state index is 12.4. The third-order valence-electron chi connectivity index (χ3n) is 1.52. The number of alkyl halides is 1. The van der Waals surface area contributed by atoms with E-state index in [4.69, 9.17) is 0 Å². The number of halogens is 1. The standard InChI is InChI=1S/C8H13FN2/c1-7-5-10-11(6-7)4-3-8(2)9/h5-6,8H,3-4H2,1-2H3. The molecular weight excluding hydrogens is 143 g/mol. The smallest absolute Gasteiger partial charge is 0.0991 e. The van der Waals surface area contributed by atoms with Crippen molar-refractivity contribution in [3.8, 4) is 0 Å². The van der Waals surface area contributed by atoms with Gasteiger partial charge in [0.1, 0.15) is 0 Å². The molecule has 11 heavy (non-hydrogen) atoms. The van der Waals surface area contributed by atoms with Crippen molar-refractivity contribution in [3.05, 3.63) is 18.0 Å². The van der Waals surface area contributed by atoms with Crippen LogP contribution in [0, 0.1) is 6.92 Å². The second-order valence-electron chi connectivity index (χ2n) is 2.85. The summed E-state index contributed by atoms with van der Waals surface area (Å²) in [6, 6.07) is 0. The van der Waals surface area contributed by atoms with Crippen LogP contribution in [0.2, 0.25) is 0 Å². The normalized spacial score (nSPS) is 13.4. The van der Waals surface area contributed by atoms with E-state index in [1.54, 1.807) is 17.8 Å². The van der Waals surface area contributed by atoms with Crippen molar-refractivity contribution in [3.63, 3.8) is 0 Å². The summed E-state index contributed by atoms with van der Waals surface area (Å²) in [7, 11) is 0. The number of hydrogen-bond donors (Lipinski definition) is 0. The molecule has 1 aromatic heterocycles. The summed E-state index contributed by atoms with van der Waals surface area (Å²) in [4.78, 5) is 0. The van der Waals surface area contributed by atoms with E-state index in [0.29, 0.717) is 13.0 Å². The first-order valence-electron chi connectivity index (χ1n) is 3.81. The van der Waals surface area contributed by atoms with E-state index in [9.17, 15) is 4.39 Å². The molecule has 0 radical (unpaired) electrons. The van der Waals surface area contributed by atoms with Gasteiger partial charge in [0.05, 0.1) is 12.4 Å². The average molecular weight is 156 g/mol. The highest BCUT2D eigenvalue weighted by Gasteiger charge is 1.98. The summed E-state index contributed by atoms with van der Waals surface area (Å²) in [5.41, 5.74) is 1.12. The zero-order valence-corrected chi connectivity index (χ0v) is 6.92. The number of nitrogens with zero attached hydrogens (tertiary/aromatic N) is 2. The first kappa shape index (κ1) is 8.24. The minimum Gasteiger partial charge on any atom is -0.272 e. The molecule has 0 bridgehead atoms. The first-order chi connectivity index (χ1) is 5.18. The Bertz CT molecular complexity index is 218. The molecule has 0 amide bonds. The van der Waals surface area contributed by atoms with Crippen molar-refractivity contribution in [2.75, 3.05) is 0 Å². The molecular formula is C8H13FN2. The number of aryl methyl sites for hydroxylation is 2. The summed E-state index contributed by atoms with van der Waals surface area (Å²) >= 11 is 0. The molecule has 0 spiro atoms. The fraction of sp³-hybridized carbons (Fsp3) is 0.625. The molecule has 0 fully saturated rings. The van der Waals surface area contributed by atoms with E-state index in [2.05, 4.69) is 5.10 Å². The van der Waals surface area contributed by atoms with Crippen LogP contribution in [0.1, 0.15) is 18.9 Å². The van der Waals surface area contributed by atoms with Crippen molar-refractivity contribution < 1.29 is 4.39 Å². The predicted octanol–water partition coefficient (Wildman–Crippen LogP) is 1.94. The molecule has 62 valence electrons. The SMILES string of the molecule is Cc1cnn(CCC(C)F)c1. The van der Waals surface area contributed by atoms with Gasteiger partial charge in [-0.1, -0.05) is 0 Å². The quantitative estimate of drug-likeness (QED) is 0.654. The van der Waals surface area contributed by atoms with Crippen molar-refractivity contribution >= 4 is 0 Å². The molecule has 1 aromatic rings. The fourth-order valence-corrected chi connectivity index (χ4v) is 0.899. The Hall–Kier alpha value is -0.860. The van der Waals surface area contributed by atoms with Crippen LogP contribution in [0.5, 0.6) is 0 Å². The van der Waals surface area contributed by atoms with Gasteiger partial charge in [-0.05, 0) is 25.8 Å². The molecule has 2 nitrogen and oxygen atoms in total. The maximum Gasteiger partial charge on any atom is 0.0991 e. The third-order valence-corrected chi connectivity index (χ3v) is 1.52. The van der Waals surface area contributed by atoms with Crippen molar-refractivity contribution in [2.45, 2.75) is 33.0 Å². The van der Waals surface area contributed by atoms with Gasteiger partial charge in [0.25, 0.3) is 0 Å². The molecule has 0 aliphatic heterocycles. The number of hydrogen-bond acceptors (Lipinski definition) is 1. The van der Waals surface area contributed by atoms with Gasteiger partial charge in [-0.3, -0.25) is 4.68 Å². The second-order valence-corrected chi connectivity index (χ2v) is 2.85. The molecule has 3 heteroatoms. The van der Waals surface area contributed by atoms with Crippen LogP contribution in [0.3, 0.4) is 0 Å². The Morgan fingerprint density at radius 1 is 1.73 bits per heavy atom. The Labute approximate surface area is 66.0 Å². The Balaban J connectivity index is 2.39. The predicted molar refractivity (Wildman–Crippen MR) is 42.2 cm³/mol. The molecule has 0 aromatic carbocycles. The van der Waals surface area contributed by atoms with Gasteiger partial charge in [-0.2, -0.15) is 5.10 Å². The van der Waals surface area contributed by atoms with Crippen LogP contribution < -0.4 is 0 Å². The molecule has 1 atom stereocenters. The Morgan fingerprint density at radius 3 is 2.91 bits per heavy atom. The molecule has 0 N–H and O–H groups in total. The Morgan fingerprint density at radius 2 is 2.45 bits per heavy atom. The van der Waals surface area contributed by atoms with Crippen LogP contribution >= 0.6 is 0 Å². The molecule has 1 unspecified atom stereocenters. The van der Waals surface area contributed by atoms with E-state index in [1.165, 1.54) is 0 Å². The van der Waals surface area contributed by atoms with Crippen LogP contribution in [-0.2, 0) is 6.54 Å². The number of rotatable bonds is 3. The third kappa shape index (κ3) is 2.70. The highest BCUT2D eigenvalue weighted by molar-refractivity contribution is 4.99. The van der Waals surface area contributed by atoms with E-state index >= 15 is 0 Å². The van der Waals surface area contributed by atoms with Crippen LogP contribution in [-0.4, -0.2) is 16.0 Å². The average Bonchev–Trinajstić information content (AvgIpc) is 2.31. The summed E-state index contributed by atoms with van der Waals surface area (Å²) in [6.45, 7) is 4.21. The molecule has 0 saturated carbocycles. The van der Waals surface area contributed by atoms with E-state index < -0.39 is 6.17 Å². The maximum absolute atomic E-state index is 12.4. The van der Waals surface area contributed by atoms with Gasteiger partial charge in [0.15, 0.2) is 0 Å². The summed E-state index contributed by atoms with van der Waals surface area (Å²) in [6.07, 6.45) is 3.51. The lowest BCUT2D eigenvalue weighted by molar-refractivity contribution is 0.320. The summed E-state index contributed by atoms with van der Waals surface area (Å²) < 4.78 is 14.1. The van der Waals surface area contributed by atoms with E-state index in [-0.39, 0.29) is 0 Å². The first-order valence-corrected chi connectivity index (χ1v) is 3.81. The molecule has 0 aliphatic rings. The summed E-state index contributed by atoms with van der Waals surface area (Å²) in [5.74, 6) is 0. The second kappa shape index (κ2) is 3.51. The van der Waals surface area contributed by atoms with Crippen molar-refractivity contribution in [1.29, 1.82) is 0 Å². The van der Waals surface area contributed by atoms with Gasteiger partial charge < -0.3 is 0 Å². The minimum absolute atomic E-state index is 0.543. The van der Waals surface area contributed by atoms with E-state index in [1.807, 2.05) is 13.1 Å². The fourth-order valence-electron chi connectivity index (χ4n) is 0.899. The zero-order chi connectivity index (χ0) is 8.27. The van der Waals surface area contributed by atoms with Crippen LogP contribution in [0.25, 0.3) is 0 Å². The molecule has 1 heterocycles. The molecule has 1 rings (SSSR count). The molecule has 0 saturated heterocycles. The summed E-state index contributed by atoms with van der Waals surface area (Å²) in [5, 5.41) is 4.04. The zero-order valence-electron chi connectivity index (χ0n) is 6.92. The lowest BCUT2D eigenvalue weighted by Gasteiger charge is -2.00. The largest absolute Gasteiger partial charge is 0.272 e. The van der Waals surface area contributed by atoms with Gasteiger partial charge in [0.2, 0.25) is 0 Å². The van der Waals surface area contributed by atoms with Crippen molar-refractivity contribution in [2.24, 2.45) is 0 Å². The van der Waals surface area contributed by atoms with Gasteiger partial charge in [-0.25, -0.2) is 4.39 Å². The van der Waals surface area contributed by atoms with E-state index in [0.717, 1.165) is 5.56 Å². The number of aromatic nitrogens is 2. The molecule has 0 aliphatic carbocycles. The Kier molecular flexibility index (Phi) is 2.63. The monoisotopic (exact) mass is 156 g/mol. The lowest BCUT2D eigenvalue weighted by atomic mass is 10.3. The van der Waals surface area contributed by atoms with Crippen LogP contribution in [0.15, 0.2) is 12.4 Å². The van der Waals surface area contributed by atoms with Gasteiger partial charge >= 0.3 is 0 Å². The van der Waals surface area contributed by atoms with Gasteiger partial charge in [-0.15, -0.1) is 0 Å². The highest BCUT2D eigenvalue weighted by Crippen LogP contribution is 2.00. The highest BCUT2D eigenvalue weighted by atomic mass is 19.1. The van der Waals surface area contributed by atoms with Crippen molar-refractivity contribution in [1.82, 2.24) is 9.78 Å². The minimum atomic E-state index is -0.737. The topological polar surface area (TPSA) is 17.8 Å². The van der Waals surface area contributed by atoms with Gasteiger partial charge in [0, 0.05) is 12.7 Å². The lowest BCUT2D eigenvalue weighted by Crippen LogP contribution is -2.03. The van der Waals surface area contributed by atoms with Crippen LogP contribution in [0.4, 0.5) is 4.39 Å².